The lowest BCUT2D eigenvalue weighted by Gasteiger charge is -2.07. The van der Waals surface area contributed by atoms with Gasteiger partial charge in [0, 0.05) is 23.3 Å². The van der Waals surface area contributed by atoms with Crippen LogP contribution in [0.15, 0.2) is 42.7 Å². The Labute approximate surface area is 116 Å². The van der Waals surface area contributed by atoms with Gasteiger partial charge in [-0.05, 0) is 24.3 Å². The van der Waals surface area contributed by atoms with Crippen LogP contribution in [-0.2, 0) is 12.7 Å². The number of pyridine rings is 1. The average Bonchev–Trinajstić information content (AvgIpc) is 2.91. The standard InChI is InChI=1S/C14H9F4N3/c15-11-4-3-9(13-10(11)2-1-6-19-13)8-21-7-5-12(20-21)14(16,17)18/h1-7H,8H2. The van der Waals surface area contributed by atoms with Crippen LogP contribution in [0.1, 0.15) is 11.3 Å². The third kappa shape index (κ3) is 2.58. The van der Waals surface area contributed by atoms with Crippen molar-refractivity contribution in [1.82, 2.24) is 14.8 Å². The van der Waals surface area contributed by atoms with Crippen LogP contribution in [0.3, 0.4) is 0 Å². The highest BCUT2D eigenvalue weighted by atomic mass is 19.4. The molecule has 0 aliphatic heterocycles. The summed E-state index contributed by atoms with van der Waals surface area (Å²) >= 11 is 0. The molecule has 108 valence electrons. The molecule has 2 heterocycles. The van der Waals surface area contributed by atoms with Crippen molar-refractivity contribution in [3.8, 4) is 0 Å². The van der Waals surface area contributed by atoms with Crippen molar-refractivity contribution in [2.24, 2.45) is 0 Å². The van der Waals surface area contributed by atoms with Gasteiger partial charge in [0.05, 0.1) is 12.1 Å². The molecule has 0 N–H and O–H groups in total. The van der Waals surface area contributed by atoms with Crippen LogP contribution in [0.5, 0.6) is 0 Å². The molecule has 0 saturated heterocycles. The Balaban J connectivity index is 1.99. The number of rotatable bonds is 2. The summed E-state index contributed by atoms with van der Waals surface area (Å²) in [7, 11) is 0. The van der Waals surface area contributed by atoms with E-state index in [0.29, 0.717) is 16.5 Å². The van der Waals surface area contributed by atoms with Crippen LogP contribution in [-0.4, -0.2) is 14.8 Å². The topological polar surface area (TPSA) is 30.7 Å². The Kier molecular flexibility index (Phi) is 3.12. The van der Waals surface area contributed by atoms with Crippen molar-refractivity contribution >= 4 is 10.9 Å². The molecule has 0 radical (unpaired) electrons. The minimum Gasteiger partial charge on any atom is -0.268 e. The summed E-state index contributed by atoms with van der Waals surface area (Å²) in [6, 6.07) is 6.85. The lowest BCUT2D eigenvalue weighted by molar-refractivity contribution is -0.141. The van der Waals surface area contributed by atoms with E-state index in [1.165, 1.54) is 24.5 Å². The molecule has 0 aliphatic rings. The van der Waals surface area contributed by atoms with Crippen molar-refractivity contribution < 1.29 is 17.6 Å². The second-order valence-corrected chi connectivity index (χ2v) is 4.50. The normalized spacial score (nSPS) is 12.0. The predicted octanol–water partition coefficient (Wildman–Crippen LogP) is 3.64. The van der Waals surface area contributed by atoms with Gasteiger partial charge in [-0.1, -0.05) is 6.07 Å². The molecule has 0 fully saturated rings. The first-order chi connectivity index (χ1) is 9.95. The minimum atomic E-state index is -4.48. The lowest BCUT2D eigenvalue weighted by atomic mass is 10.1. The number of hydrogen-bond donors (Lipinski definition) is 0. The third-order valence-corrected chi connectivity index (χ3v) is 3.06. The molecular weight excluding hydrogens is 286 g/mol. The fourth-order valence-corrected chi connectivity index (χ4v) is 2.10. The highest BCUT2D eigenvalue weighted by Crippen LogP contribution is 2.27. The molecule has 0 atom stereocenters. The van der Waals surface area contributed by atoms with Gasteiger partial charge in [0.15, 0.2) is 5.69 Å². The SMILES string of the molecule is Fc1ccc(Cn2ccc(C(F)(F)F)n2)c2ncccc12. The molecule has 0 aliphatic carbocycles. The summed E-state index contributed by atoms with van der Waals surface area (Å²) < 4.78 is 52.3. The van der Waals surface area contributed by atoms with Gasteiger partial charge >= 0.3 is 6.18 Å². The van der Waals surface area contributed by atoms with Crippen molar-refractivity contribution in [2.45, 2.75) is 12.7 Å². The molecule has 1 aromatic carbocycles. The van der Waals surface area contributed by atoms with Gasteiger partial charge in [-0.2, -0.15) is 18.3 Å². The van der Waals surface area contributed by atoms with Crippen LogP contribution in [0.4, 0.5) is 17.6 Å². The van der Waals surface area contributed by atoms with Crippen LogP contribution in [0, 0.1) is 5.82 Å². The van der Waals surface area contributed by atoms with E-state index in [2.05, 4.69) is 10.1 Å². The van der Waals surface area contributed by atoms with Crippen LogP contribution in [0.2, 0.25) is 0 Å². The van der Waals surface area contributed by atoms with Gasteiger partial charge in [-0.25, -0.2) is 4.39 Å². The van der Waals surface area contributed by atoms with E-state index in [1.54, 1.807) is 12.1 Å². The molecule has 2 aromatic heterocycles. The fourth-order valence-electron chi connectivity index (χ4n) is 2.10. The third-order valence-electron chi connectivity index (χ3n) is 3.06. The van der Waals surface area contributed by atoms with E-state index in [-0.39, 0.29) is 6.54 Å². The summed E-state index contributed by atoms with van der Waals surface area (Å²) in [5, 5.41) is 3.81. The maximum absolute atomic E-state index is 13.7. The zero-order valence-electron chi connectivity index (χ0n) is 10.6. The van der Waals surface area contributed by atoms with Crippen LogP contribution in [0.25, 0.3) is 10.9 Å². The Hall–Kier alpha value is -2.44. The number of alkyl halides is 3. The molecule has 3 rings (SSSR count). The van der Waals surface area contributed by atoms with E-state index in [0.717, 1.165) is 10.7 Å². The van der Waals surface area contributed by atoms with Crippen molar-refractivity contribution in [2.75, 3.05) is 0 Å². The Bertz CT molecular complexity index is 792. The van der Waals surface area contributed by atoms with Gasteiger partial charge in [-0.15, -0.1) is 0 Å². The number of nitrogens with zero attached hydrogens (tertiary/aromatic N) is 3. The summed E-state index contributed by atoms with van der Waals surface area (Å²) in [5.74, 6) is -0.418. The molecule has 0 saturated carbocycles. The molecule has 0 unspecified atom stereocenters. The fraction of sp³-hybridized carbons (Fsp3) is 0.143. The highest BCUT2D eigenvalue weighted by Gasteiger charge is 2.33. The Morgan fingerprint density at radius 2 is 1.90 bits per heavy atom. The zero-order chi connectivity index (χ0) is 15.0. The molecule has 0 bridgehead atoms. The van der Waals surface area contributed by atoms with Crippen molar-refractivity contribution in [3.05, 3.63) is 59.8 Å². The Morgan fingerprint density at radius 1 is 1.10 bits per heavy atom. The van der Waals surface area contributed by atoms with Crippen LogP contribution < -0.4 is 0 Å². The highest BCUT2D eigenvalue weighted by molar-refractivity contribution is 5.82. The molecule has 0 spiro atoms. The molecular formula is C14H9F4N3. The largest absolute Gasteiger partial charge is 0.435 e. The number of aromatic nitrogens is 3. The summed E-state index contributed by atoms with van der Waals surface area (Å²) in [6.07, 6.45) is -1.73. The predicted molar refractivity (Wildman–Crippen MR) is 68.0 cm³/mol. The first-order valence-electron chi connectivity index (χ1n) is 6.08. The van der Waals surface area contributed by atoms with E-state index < -0.39 is 17.7 Å². The second-order valence-electron chi connectivity index (χ2n) is 4.50. The summed E-state index contributed by atoms with van der Waals surface area (Å²) in [6.45, 7) is 0.0872. The number of benzene rings is 1. The lowest BCUT2D eigenvalue weighted by Crippen LogP contribution is -2.08. The summed E-state index contributed by atoms with van der Waals surface area (Å²) in [4.78, 5) is 4.09. The van der Waals surface area contributed by atoms with E-state index in [1.807, 2.05) is 0 Å². The quantitative estimate of drug-likeness (QED) is 0.676. The molecule has 0 amide bonds. The first kappa shape index (κ1) is 13.5. The van der Waals surface area contributed by atoms with Crippen LogP contribution >= 0.6 is 0 Å². The second kappa shape index (κ2) is 4.83. The van der Waals surface area contributed by atoms with Gasteiger partial charge < -0.3 is 0 Å². The van der Waals surface area contributed by atoms with E-state index in [4.69, 9.17) is 0 Å². The number of halogens is 4. The van der Waals surface area contributed by atoms with E-state index in [9.17, 15) is 17.6 Å². The molecule has 7 heteroatoms. The van der Waals surface area contributed by atoms with Gasteiger partial charge in [0.25, 0.3) is 0 Å². The monoisotopic (exact) mass is 295 g/mol. The zero-order valence-corrected chi connectivity index (χ0v) is 10.6. The number of hydrogen-bond acceptors (Lipinski definition) is 2. The smallest absolute Gasteiger partial charge is 0.268 e. The van der Waals surface area contributed by atoms with Crippen molar-refractivity contribution in [3.63, 3.8) is 0 Å². The molecule has 21 heavy (non-hydrogen) atoms. The Morgan fingerprint density at radius 3 is 2.62 bits per heavy atom. The van der Waals surface area contributed by atoms with Gasteiger partial charge in [0.1, 0.15) is 5.82 Å². The van der Waals surface area contributed by atoms with Gasteiger partial charge in [0.2, 0.25) is 0 Å². The minimum absolute atomic E-state index is 0.0872. The average molecular weight is 295 g/mol. The van der Waals surface area contributed by atoms with E-state index >= 15 is 0 Å². The summed E-state index contributed by atoms with van der Waals surface area (Å²) in [5.41, 5.74) is 0.0623. The maximum atomic E-state index is 13.7. The molecule has 3 aromatic rings. The molecule has 3 nitrogen and oxygen atoms in total. The number of fused-ring (bicyclic) bond motifs is 1. The maximum Gasteiger partial charge on any atom is 0.435 e. The first-order valence-corrected chi connectivity index (χ1v) is 6.08. The van der Waals surface area contributed by atoms with Gasteiger partial charge in [-0.3, -0.25) is 9.67 Å². The van der Waals surface area contributed by atoms with Crippen molar-refractivity contribution in [1.29, 1.82) is 0 Å².